The highest BCUT2D eigenvalue weighted by Crippen LogP contribution is 2.16. The van der Waals surface area contributed by atoms with Crippen molar-refractivity contribution in [3.63, 3.8) is 0 Å². The van der Waals surface area contributed by atoms with Crippen molar-refractivity contribution in [3.05, 3.63) is 0 Å². The normalized spacial score (nSPS) is 13.1. The summed E-state index contributed by atoms with van der Waals surface area (Å²) in [7, 11) is 0. The van der Waals surface area contributed by atoms with Gasteiger partial charge >= 0.3 is 5.97 Å². The van der Waals surface area contributed by atoms with E-state index in [4.69, 9.17) is 4.74 Å². The van der Waals surface area contributed by atoms with Gasteiger partial charge in [0.2, 0.25) is 0 Å². The van der Waals surface area contributed by atoms with E-state index < -0.39 is 17.5 Å². The molecule has 92 valence electrons. The zero-order valence-electron chi connectivity index (χ0n) is 10.6. The Balaban J connectivity index is 4.48. The molecule has 0 aliphatic carbocycles. The second kappa shape index (κ2) is 5.77. The molecule has 0 fully saturated rings. The first kappa shape index (κ1) is 14.8. The lowest BCUT2D eigenvalue weighted by Gasteiger charge is -2.22. The minimum Gasteiger partial charge on any atom is -0.459 e. The van der Waals surface area contributed by atoms with Crippen molar-refractivity contribution in [1.82, 2.24) is 0 Å². The monoisotopic (exact) mass is 228 g/mol. The van der Waals surface area contributed by atoms with E-state index in [1.807, 2.05) is 0 Å². The molecule has 0 spiro atoms. The number of ether oxygens (including phenoxy) is 1. The van der Waals surface area contributed by atoms with E-state index in [0.717, 1.165) is 0 Å². The Morgan fingerprint density at radius 3 is 1.94 bits per heavy atom. The van der Waals surface area contributed by atoms with Crippen molar-refractivity contribution in [2.75, 3.05) is 0 Å². The molecular weight excluding hydrogens is 208 g/mol. The standard InChI is InChI=1S/C12H20O4/c1-8(13)6-7-10(9(2)14)11(15)16-12(3,4)5/h10H,6-7H2,1-5H3/t10-/m1/s1. The zero-order chi connectivity index (χ0) is 12.9. The van der Waals surface area contributed by atoms with E-state index in [2.05, 4.69) is 0 Å². The van der Waals surface area contributed by atoms with Gasteiger partial charge in [0.25, 0.3) is 0 Å². The fourth-order valence-electron chi connectivity index (χ4n) is 1.21. The maximum Gasteiger partial charge on any atom is 0.316 e. The summed E-state index contributed by atoms with van der Waals surface area (Å²) in [6, 6.07) is 0. The highest BCUT2D eigenvalue weighted by Gasteiger charge is 2.28. The van der Waals surface area contributed by atoms with Crippen LogP contribution in [0, 0.1) is 5.92 Å². The molecule has 0 saturated heterocycles. The zero-order valence-corrected chi connectivity index (χ0v) is 10.6. The Morgan fingerprint density at radius 1 is 1.12 bits per heavy atom. The molecule has 0 rings (SSSR count). The van der Waals surface area contributed by atoms with E-state index in [0.29, 0.717) is 0 Å². The molecule has 0 aliphatic rings. The van der Waals surface area contributed by atoms with Crippen LogP contribution in [0.3, 0.4) is 0 Å². The summed E-state index contributed by atoms with van der Waals surface area (Å²) in [5, 5.41) is 0. The molecule has 0 heterocycles. The Labute approximate surface area is 96.4 Å². The van der Waals surface area contributed by atoms with E-state index in [-0.39, 0.29) is 24.4 Å². The van der Waals surface area contributed by atoms with Crippen molar-refractivity contribution in [2.45, 2.75) is 53.1 Å². The number of carbonyl (C=O) groups is 3. The smallest absolute Gasteiger partial charge is 0.316 e. The lowest BCUT2D eigenvalue weighted by atomic mass is 9.98. The van der Waals surface area contributed by atoms with Crippen LogP contribution in [0.25, 0.3) is 0 Å². The van der Waals surface area contributed by atoms with Crippen LogP contribution in [-0.4, -0.2) is 23.1 Å². The van der Waals surface area contributed by atoms with Gasteiger partial charge in [-0.2, -0.15) is 0 Å². The maximum atomic E-state index is 11.7. The Morgan fingerprint density at radius 2 is 1.62 bits per heavy atom. The largest absolute Gasteiger partial charge is 0.459 e. The van der Waals surface area contributed by atoms with Crippen molar-refractivity contribution < 1.29 is 19.1 Å². The minimum atomic E-state index is -0.817. The van der Waals surface area contributed by atoms with Gasteiger partial charge in [0, 0.05) is 6.42 Å². The molecular formula is C12H20O4. The van der Waals surface area contributed by atoms with Gasteiger partial charge in [0.05, 0.1) is 0 Å². The van der Waals surface area contributed by atoms with Crippen molar-refractivity contribution in [2.24, 2.45) is 5.92 Å². The molecule has 0 N–H and O–H groups in total. The van der Waals surface area contributed by atoms with Gasteiger partial charge in [-0.05, 0) is 41.0 Å². The van der Waals surface area contributed by atoms with E-state index in [1.165, 1.54) is 13.8 Å². The molecule has 0 unspecified atom stereocenters. The van der Waals surface area contributed by atoms with Crippen LogP contribution in [0.1, 0.15) is 47.5 Å². The van der Waals surface area contributed by atoms with Crippen LogP contribution >= 0.6 is 0 Å². The van der Waals surface area contributed by atoms with Crippen LogP contribution in [0.4, 0.5) is 0 Å². The van der Waals surface area contributed by atoms with Crippen LogP contribution in [0.5, 0.6) is 0 Å². The van der Waals surface area contributed by atoms with Crippen molar-refractivity contribution >= 4 is 17.5 Å². The fraction of sp³-hybridized carbons (Fsp3) is 0.750. The predicted octanol–water partition coefficient (Wildman–Crippen LogP) is 1.90. The summed E-state index contributed by atoms with van der Waals surface area (Å²) in [5.74, 6) is -1.64. The number of esters is 1. The molecule has 0 bridgehead atoms. The van der Waals surface area contributed by atoms with Gasteiger partial charge < -0.3 is 9.53 Å². The first-order chi connectivity index (χ1) is 7.13. The second-order valence-electron chi connectivity index (χ2n) is 4.94. The molecule has 16 heavy (non-hydrogen) atoms. The average molecular weight is 228 g/mol. The maximum absolute atomic E-state index is 11.7. The molecule has 0 radical (unpaired) electrons. The number of ketones is 2. The predicted molar refractivity (Wildman–Crippen MR) is 59.9 cm³/mol. The Hall–Kier alpha value is -1.19. The summed E-state index contributed by atoms with van der Waals surface area (Å²) in [4.78, 5) is 33.7. The molecule has 0 aromatic rings. The fourth-order valence-corrected chi connectivity index (χ4v) is 1.21. The lowest BCUT2D eigenvalue weighted by molar-refractivity contribution is -0.162. The molecule has 0 aliphatic heterocycles. The van der Waals surface area contributed by atoms with Gasteiger partial charge in [-0.3, -0.25) is 9.59 Å². The van der Waals surface area contributed by atoms with Crippen LogP contribution in [0.2, 0.25) is 0 Å². The average Bonchev–Trinajstić information content (AvgIpc) is 1.98. The van der Waals surface area contributed by atoms with Crippen LogP contribution in [0.15, 0.2) is 0 Å². The highest BCUT2D eigenvalue weighted by molar-refractivity contribution is 5.98. The Kier molecular flexibility index (Phi) is 5.35. The molecule has 0 aromatic heterocycles. The van der Waals surface area contributed by atoms with Gasteiger partial charge in [-0.25, -0.2) is 0 Å². The number of Topliss-reactive ketones (excluding diaryl/α,β-unsaturated/α-hetero) is 2. The molecule has 4 heteroatoms. The van der Waals surface area contributed by atoms with Gasteiger partial charge in [0.1, 0.15) is 23.1 Å². The summed E-state index contributed by atoms with van der Waals surface area (Å²) in [5.41, 5.74) is -0.610. The third-order valence-electron chi connectivity index (χ3n) is 1.97. The number of carbonyl (C=O) groups excluding carboxylic acids is 3. The highest BCUT2D eigenvalue weighted by atomic mass is 16.6. The SMILES string of the molecule is CC(=O)CC[C@H](C(C)=O)C(=O)OC(C)(C)C. The van der Waals surface area contributed by atoms with E-state index in [9.17, 15) is 14.4 Å². The molecule has 0 amide bonds. The van der Waals surface area contributed by atoms with Crippen LogP contribution in [-0.2, 0) is 19.1 Å². The Bertz CT molecular complexity index is 286. The molecule has 0 aromatic carbocycles. The molecule has 4 nitrogen and oxygen atoms in total. The summed E-state index contributed by atoms with van der Waals surface area (Å²) >= 11 is 0. The van der Waals surface area contributed by atoms with Crippen molar-refractivity contribution in [1.29, 1.82) is 0 Å². The number of hydrogen-bond donors (Lipinski definition) is 0. The number of hydrogen-bond acceptors (Lipinski definition) is 4. The summed E-state index contributed by atoms with van der Waals surface area (Å²) < 4.78 is 5.12. The van der Waals surface area contributed by atoms with Gasteiger partial charge in [-0.15, -0.1) is 0 Å². The van der Waals surface area contributed by atoms with E-state index >= 15 is 0 Å². The first-order valence-corrected chi connectivity index (χ1v) is 5.36. The topological polar surface area (TPSA) is 60.4 Å². The van der Waals surface area contributed by atoms with Crippen LogP contribution < -0.4 is 0 Å². The number of rotatable bonds is 5. The molecule has 0 saturated carbocycles. The summed E-state index contributed by atoms with van der Waals surface area (Å²) in [6.07, 6.45) is 0.461. The lowest BCUT2D eigenvalue weighted by Crippen LogP contribution is -2.32. The third kappa shape index (κ3) is 6.32. The van der Waals surface area contributed by atoms with Crippen molar-refractivity contribution in [3.8, 4) is 0 Å². The summed E-state index contributed by atoms with van der Waals surface area (Å²) in [6.45, 7) is 8.01. The quantitative estimate of drug-likeness (QED) is 0.532. The van der Waals surface area contributed by atoms with Gasteiger partial charge in [-0.1, -0.05) is 0 Å². The third-order valence-corrected chi connectivity index (χ3v) is 1.97. The van der Waals surface area contributed by atoms with E-state index in [1.54, 1.807) is 20.8 Å². The van der Waals surface area contributed by atoms with Gasteiger partial charge in [0.15, 0.2) is 0 Å². The first-order valence-electron chi connectivity index (χ1n) is 5.36. The minimum absolute atomic E-state index is 0.0326. The molecule has 1 atom stereocenters. The second-order valence-corrected chi connectivity index (χ2v) is 4.94.